The lowest BCUT2D eigenvalue weighted by Crippen LogP contribution is -2.35. The Morgan fingerprint density at radius 1 is 1.12 bits per heavy atom. The lowest BCUT2D eigenvalue weighted by molar-refractivity contribution is 0.0620. The number of hydrogen-bond acceptors (Lipinski definition) is 4. The van der Waals surface area contributed by atoms with Crippen LogP contribution in [-0.2, 0) is 10.0 Å². The van der Waals surface area contributed by atoms with Crippen LogP contribution in [0.15, 0.2) is 47.4 Å². The molecule has 1 aliphatic heterocycles. The SMILES string of the molecule is CC1(C)CC(=O)c2cc(NS(=O)(=O)c3ccc(F)cc3)ccc2O1. The van der Waals surface area contributed by atoms with Crippen molar-refractivity contribution in [3.63, 3.8) is 0 Å². The summed E-state index contributed by atoms with van der Waals surface area (Å²) in [5.74, 6) is -0.196. The normalized spacial score (nSPS) is 16.2. The molecule has 0 radical (unpaired) electrons. The number of ketones is 1. The van der Waals surface area contributed by atoms with Crippen molar-refractivity contribution in [1.82, 2.24) is 0 Å². The number of fused-ring (bicyclic) bond motifs is 1. The van der Waals surface area contributed by atoms with E-state index in [4.69, 9.17) is 4.74 Å². The van der Waals surface area contributed by atoms with Gasteiger partial charge >= 0.3 is 0 Å². The molecule has 0 saturated heterocycles. The summed E-state index contributed by atoms with van der Waals surface area (Å²) in [5.41, 5.74) is 0.00234. The topological polar surface area (TPSA) is 72.5 Å². The van der Waals surface area contributed by atoms with Gasteiger partial charge in [-0.2, -0.15) is 0 Å². The molecule has 0 saturated carbocycles. The van der Waals surface area contributed by atoms with E-state index >= 15 is 0 Å². The second-order valence-corrected chi connectivity index (χ2v) is 7.91. The molecule has 2 aromatic rings. The molecule has 3 rings (SSSR count). The van der Waals surface area contributed by atoms with E-state index in [1.165, 1.54) is 24.3 Å². The zero-order valence-corrected chi connectivity index (χ0v) is 14.0. The van der Waals surface area contributed by atoms with Crippen LogP contribution < -0.4 is 9.46 Å². The Morgan fingerprint density at radius 3 is 2.46 bits per heavy atom. The molecular weight excluding hydrogens is 333 g/mol. The number of rotatable bonds is 3. The maximum absolute atomic E-state index is 12.9. The molecule has 2 aromatic carbocycles. The molecule has 24 heavy (non-hydrogen) atoms. The fourth-order valence-electron chi connectivity index (χ4n) is 2.54. The average Bonchev–Trinajstić information content (AvgIpc) is 2.47. The van der Waals surface area contributed by atoms with Gasteiger partial charge < -0.3 is 4.74 Å². The third kappa shape index (κ3) is 3.26. The lowest BCUT2D eigenvalue weighted by Gasteiger charge is -2.31. The average molecular weight is 349 g/mol. The molecule has 0 aliphatic carbocycles. The minimum Gasteiger partial charge on any atom is -0.487 e. The summed E-state index contributed by atoms with van der Waals surface area (Å²) < 4.78 is 45.7. The Morgan fingerprint density at radius 2 is 1.79 bits per heavy atom. The molecule has 1 aliphatic rings. The largest absolute Gasteiger partial charge is 0.487 e. The molecule has 0 spiro atoms. The Bertz CT molecular complexity index is 905. The summed E-state index contributed by atoms with van der Waals surface area (Å²) in [6, 6.07) is 9.03. The minimum absolute atomic E-state index is 0.0645. The van der Waals surface area contributed by atoms with Gasteiger partial charge in [-0.3, -0.25) is 9.52 Å². The fourth-order valence-corrected chi connectivity index (χ4v) is 3.59. The molecule has 0 bridgehead atoms. The van der Waals surface area contributed by atoms with Crippen molar-refractivity contribution in [3.8, 4) is 5.75 Å². The first-order valence-corrected chi connectivity index (χ1v) is 8.79. The van der Waals surface area contributed by atoms with Crippen molar-refractivity contribution in [1.29, 1.82) is 0 Å². The Hall–Kier alpha value is -2.41. The smallest absolute Gasteiger partial charge is 0.261 e. The van der Waals surface area contributed by atoms with Crippen LogP contribution in [0.25, 0.3) is 0 Å². The summed E-state index contributed by atoms with van der Waals surface area (Å²) in [5, 5.41) is 0. The highest BCUT2D eigenvalue weighted by Crippen LogP contribution is 2.34. The van der Waals surface area contributed by atoms with Gasteiger partial charge in [0.25, 0.3) is 10.0 Å². The quantitative estimate of drug-likeness (QED) is 0.922. The zero-order chi connectivity index (χ0) is 17.5. The van der Waals surface area contributed by atoms with Crippen molar-refractivity contribution in [2.45, 2.75) is 30.8 Å². The van der Waals surface area contributed by atoms with Crippen LogP contribution >= 0.6 is 0 Å². The Balaban J connectivity index is 1.91. The van der Waals surface area contributed by atoms with Gasteiger partial charge in [0.1, 0.15) is 17.2 Å². The van der Waals surface area contributed by atoms with E-state index in [1.54, 1.807) is 6.07 Å². The van der Waals surface area contributed by atoms with Crippen LogP contribution in [0.4, 0.5) is 10.1 Å². The van der Waals surface area contributed by atoms with Crippen LogP contribution in [0.3, 0.4) is 0 Å². The van der Waals surface area contributed by atoms with Gasteiger partial charge in [-0.25, -0.2) is 12.8 Å². The number of carbonyl (C=O) groups excluding carboxylic acids is 1. The van der Waals surface area contributed by atoms with E-state index in [9.17, 15) is 17.6 Å². The number of benzene rings is 2. The molecule has 0 amide bonds. The number of Topliss-reactive ketones (excluding diaryl/α,β-unsaturated/α-hetero) is 1. The van der Waals surface area contributed by atoms with Crippen LogP contribution in [-0.4, -0.2) is 19.8 Å². The predicted octanol–water partition coefficient (Wildman–Crippen LogP) is 3.37. The first-order chi connectivity index (χ1) is 11.2. The van der Waals surface area contributed by atoms with Gasteiger partial charge in [-0.1, -0.05) is 0 Å². The van der Waals surface area contributed by atoms with E-state index in [-0.39, 0.29) is 22.8 Å². The molecule has 5 nitrogen and oxygen atoms in total. The third-order valence-electron chi connectivity index (χ3n) is 3.63. The first kappa shape index (κ1) is 16.4. The molecule has 1 N–H and O–H groups in total. The molecular formula is C17H16FNO4S. The van der Waals surface area contributed by atoms with Crippen molar-refractivity contribution < 1.29 is 22.3 Å². The van der Waals surface area contributed by atoms with E-state index < -0.39 is 21.4 Å². The molecule has 7 heteroatoms. The monoisotopic (exact) mass is 349 g/mol. The third-order valence-corrected chi connectivity index (χ3v) is 5.03. The summed E-state index contributed by atoms with van der Waals surface area (Å²) in [7, 11) is -3.87. The van der Waals surface area contributed by atoms with Crippen LogP contribution in [0.2, 0.25) is 0 Å². The summed E-state index contributed by atoms with van der Waals surface area (Å²) in [6.45, 7) is 3.64. The van der Waals surface area contributed by atoms with E-state index in [0.717, 1.165) is 12.1 Å². The predicted molar refractivity (Wildman–Crippen MR) is 87.3 cm³/mol. The highest BCUT2D eigenvalue weighted by atomic mass is 32.2. The first-order valence-electron chi connectivity index (χ1n) is 7.31. The lowest BCUT2D eigenvalue weighted by atomic mass is 9.93. The number of ether oxygens (including phenoxy) is 1. The number of halogens is 1. The highest BCUT2D eigenvalue weighted by Gasteiger charge is 2.32. The van der Waals surface area contributed by atoms with Crippen molar-refractivity contribution in [3.05, 3.63) is 53.8 Å². The molecule has 0 unspecified atom stereocenters. The molecule has 1 heterocycles. The number of anilines is 1. The Labute approximate surface area is 139 Å². The summed E-state index contributed by atoms with van der Waals surface area (Å²) >= 11 is 0. The van der Waals surface area contributed by atoms with E-state index in [0.29, 0.717) is 11.3 Å². The van der Waals surface area contributed by atoms with Crippen molar-refractivity contribution in [2.75, 3.05) is 4.72 Å². The number of sulfonamides is 1. The van der Waals surface area contributed by atoms with E-state index in [1.807, 2.05) is 13.8 Å². The molecule has 0 aromatic heterocycles. The second-order valence-electron chi connectivity index (χ2n) is 6.23. The molecule has 126 valence electrons. The highest BCUT2D eigenvalue weighted by molar-refractivity contribution is 7.92. The standard InChI is InChI=1S/C17H16FNO4S/c1-17(2)10-15(20)14-9-12(5-8-16(14)23-17)19-24(21,22)13-6-3-11(18)4-7-13/h3-9,19H,10H2,1-2H3. The minimum atomic E-state index is -3.87. The second kappa shape index (κ2) is 5.59. The fraction of sp³-hybridized carbons (Fsp3) is 0.235. The van der Waals surface area contributed by atoms with Gasteiger partial charge in [0.2, 0.25) is 0 Å². The van der Waals surface area contributed by atoms with Gasteiger partial charge in [-0.15, -0.1) is 0 Å². The van der Waals surface area contributed by atoms with Gasteiger partial charge in [0.05, 0.1) is 16.9 Å². The zero-order valence-electron chi connectivity index (χ0n) is 13.2. The summed E-state index contributed by atoms with van der Waals surface area (Å²) in [4.78, 5) is 12.2. The Kier molecular flexibility index (Phi) is 3.83. The number of hydrogen-bond donors (Lipinski definition) is 1. The number of nitrogens with one attached hydrogen (secondary N) is 1. The van der Waals surface area contributed by atoms with Gasteiger partial charge in [0.15, 0.2) is 5.78 Å². The number of carbonyl (C=O) groups is 1. The van der Waals surface area contributed by atoms with Crippen molar-refractivity contribution >= 4 is 21.5 Å². The van der Waals surface area contributed by atoms with Gasteiger partial charge in [0, 0.05) is 5.69 Å². The van der Waals surface area contributed by atoms with Crippen molar-refractivity contribution in [2.24, 2.45) is 0 Å². The molecule has 0 fully saturated rings. The van der Waals surface area contributed by atoms with E-state index in [2.05, 4.69) is 4.72 Å². The maximum Gasteiger partial charge on any atom is 0.261 e. The molecule has 0 atom stereocenters. The van der Waals surface area contributed by atoms with Gasteiger partial charge in [-0.05, 0) is 56.3 Å². The maximum atomic E-state index is 12.9. The van der Waals surface area contributed by atoms with Crippen LogP contribution in [0, 0.1) is 5.82 Å². The van der Waals surface area contributed by atoms with Crippen LogP contribution in [0.1, 0.15) is 30.6 Å². The summed E-state index contributed by atoms with van der Waals surface area (Å²) in [6.07, 6.45) is 0.216. The van der Waals surface area contributed by atoms with Crippen LogP contribution in [0.5, 0.6) is 5.75 Å².